The molecule has 3 aromatic rings. The Morgan fingerprint density at radius 3 is 2.59 bits per heavy atom. The number of aryl methyl sites for hydroxylation is 1. The first kappa shape index (κ1) is 14.6. The molecule has 0 atom stereocenters. The fourth-order valence-corrected chi connectivity index (χ4v) is 2.78. The van der Waals surface area contributed by atoms with Gasteiger partial charge in [-0.3, -0.25) is 14.2 Å². The molecular weight excluding hydrogens is 282 g/mol. The lowest BCUT2D eigenvalue weighted by Gasteiger charge is -2.01. The van der Waals surface area contributed by atoms with E-state index >= 15 is 0 Å². The predicted octanol–water partition coefficient (Wildman–Crippen LogP) is 3.59. The molecule has 0 spiro atoms. The molecular formula is C17H19NO4. The van der Waals surface area contributed by atoms with Crippen molar-refractivity contribution in [3.8, 4) is 0 Å². The molecule has 3 rings (SSSR count). The number of rotatable bonds is 5. The molecule has 0 saturated carbocycles. The van der Waals surface area contributed by atoms with Crippen LogP contribution in [0.3, 0.4) is 0 Å². The maximum Gasteiger partial charge on any atom is 0.264 e. The highest BCUT2D eigenvalue weighted by atomic mass is 16.4. The monoisotopic (exact) mass is 301 g/mol. The van der Waals surface area contributed by atoms with Crippen molar-refractivity contribution >= 4 is 21.9 Å². The lowest BCUT2D eigenvalue weighted by atomic mass is 10.2. The SMILES string of the molecule is CCCCCCn1c(=O)c2ccoc2c2oc(C)cc2c1=O. The molecule has 22 heavy (non-hydrogen) atoms. The first-order valence-corrected chi connectivity index (χ1v) is 7.68. The lowest BCUT2D eigenvalue weighted by Crippen LogP contribution is -2.30. The smallest absolute Gasteiger partial charge is 0.264 e. The second kappa shape index (κ2) is 5.83. The van der Waals surface area contributed by atoms with Gasteiger partial charge in [-0.2, -0.15) is 0 Å². The van der Waals surface area contributed by atoms with E-state index in [1.54, 1.807) is 19.1 Å². The van der Waals surface area contributed by atoms with Gasteiger partial charge in [-0.25, -0.2) is 0 Å². The molecule has 0 aliphatic heterocycles. The molecule has 0 N–H and O–H groups in total. The van der Waals surface area contributed by atoms with Gasteiger partial charge in [0, 0.05) is 6.54 Å². The Morgan fingerprint density at radius 1 is 1.05 bits per heavy atom. The Hall–Kier alpha value is -2.30. The zero-order valence-electron chi connectivity index (χ0n) is 12.8. The van der Waals surface area contributed by atoms with Crippen LogP contribution in [0, 0.1) is 6.92 Å². The minimum Gasteiger partial charge on any atom is -0.460 e. The molecule has 0 fully saturated rings. The van der Waals surface area contributed by atoms with Gasteiger partial charge in [0.15, 0.2) is 11.2 Å². The summed E-state index contributed by atoms with van der Waals surface area (Å²) in [6.45, 7) is 4.32. The fourth-order valence-electron chi connectivity index (χ4n) is 2.78. The standard InChI is InChI=1S/C17H19NO4/c1-3-4-5-6-8-18-16(19)12-7-9-21-14(12)15-13(17(18)20)10-11(2)22-15/h7,9-10H,3-6,8H2,1-2H3. The summed E-state index contributed by atoms with van der Waals surface area (Å²) in [5.74, 6) is 0.626. The summed E-state index contributed by atoms with van der Waals surface area (Å²) >= 11 is 0. The van der Waals surface area contributed by atoms with Crippen LogP contribution in [0.1, 0.15) is 38.4 Å². The Kier molecular flexibility index (Phi) is 3.88. The molecule has 3 aromatic heterocycles. The van der Waals surface area contributed by atoms with Crippen molar-refractivity contribution < 1.29 is 8.83 Å². The highest BCUT2D eigenvalue weighted by molar-refractivity contribution is 5.98. The van der Waals surface area contributed by atoms with Crippen molar-refractivity contribution in [1.82, 2.24) is 4.57 Å². The molecule has 5 heteroatoms. The van der Waals surface area contributed by atoms with E-state index in [-0.39, 0.29) is 11.1 Å². The minimum absolute atomic E-state index is 0.306. The number of fused-ring (bicyclic) bond motifs is 3. The van der Waals surface area contributed by atoms with Crippen molar-refractivity contribution in [3.63, 3.8) is 0 Å². The zero-order chi connectivity index (χ0) is 15.7. The Morgan fingerprint density at radius 2 is 1.82 bits per heavy atom. The van der Waals surface area contributed by atoms with Crippen LogP contribution in [-0.4, -0.2) is 4.57 Å². The molecule has 0 amide bonds. The molecule has 0 aliphatic rings. The quantitative estimate of drug-likeness (QED) is 0.675. The van der Waals surface area contributed by atoms with Gasteiger partial charge < -0.3 is 8.83 Å². The van der Waals surface area contributed by atoms with Gasteiger partial charge >= 0.3 is 0 Å². The highest BCUT2D eigenvalue weighted by Gasteiger charge is 2.16. The molecule has 0 bridgehead atoms. The molecule has 0 aliphatic carbocycles. The average molecular weight is 301 g/mol. The molecule has 0 aromatic carbocycles. The van der Waals surface area contributed by atoms with Gasteiger partial charge in [-0.1, -0.05) is 26.2 Å². The third-order valence-corrected chi connectivity index (χ3v) is 3.91. The molecule has 116 valence electrons. The third-order valence-electron chi connectivity index (χ3n) is 3.91. The van der Waals surface area contributed by atoms with E-state index in [1.807, 2.05) is 0 Å². The zero-order valence-corrected chi connectivity index (χ0v) is 12.8. The van der Waals surface area contributed by atoms with Gasteiger partial charge in [-0.15, -0.1) is 0 Å². The Bertz CT molecular complexity index is 929. The van der Waals surface area contributed by atoms with E-state index in [4.69, 9.17) is 8.83 Å². The van der Waals surface area contributed by atoms with Gasteiger partial charge in [0.2, 0.25) is 0 Å². The van der Waals surface area contributed by atoms with Crippen LogP contribution in [0.2, 0.25) is 0 Å². The number of furan rings is 2. The van der Waals surface area contributed by atoms with E-state index in [0.717, 1.165) is 25.7 Å². The van der Waals surface area contributed by atoms with Crippen LogP contribution in [-0.2, 0) is 6.54 Å². The van der Waals surface area contributed by atoms with Crippen LogP contribution in [0.15, 0.2) is 36.8 Å². The molecule has 0 saturated heterocycles. The molecule has 0 radical (unpaired) electrons. The summed E-state index contributed by atoms with van der Waals surface area (Å²) in [4.78, 5) is 25.3. The number of aromatic nitrogens is 1. The van der Waals surface area contributed by atoms with Crippen molar-refractivity contribution in [3.05, 3.63) is 44.9 Å². The topological polar surface area (TPSA) is 65.3 Å². The number of unbranched alkanes of at least 4 members (excludes halogenated alkanes) is 3. The number of hydrogen-bond acceptors (Lipinski definition) is 4. The van der Waals surface area contributed by atoms with Gasteiger partial charge in [0.05, 0.1) is 17.0 Å². The highest BCUT2D eigenvalue weighted by Crippen LogP contribution is 2.23. The number of nitrogens with zero attached hydrogens (tertiary/aromatic N) is 1. The van der Waals surface area contributed by atoms with Crippen LogP contribution in [0.25, 0.3) is 21.9 Å². The summed E-state index contributed by atoms with van der Waals surface area (Å²) in [6, 6.07) is 3.26. The number of hydrogen-bond donors (Lipinski definition) is 0. The van der Waals surface area contributed by atoms with Crippen molar-refractivity contribution in [2.45, 2.75) is 46.1 Å². The maximum absolute atomic E-state index is 12.7. The van der Waals surface area contributed by atoms with Crippen LogP contribution >= 0.6 is 0 Å². The second-order valence-corrected chi connectivity index (χ2v) is 5.59. The normalized spacial score (nSPS) is 11.5. The van der Waals surface area contributed by atoms with E-state index < -0.39 is 0 Å². The van der Waals surface area contributed by atoms with E-state index in [2.05, 4.69) is 6.92 Å². The van der Waals surface area contributed by atoms with Crippen molar-refractivity contribution in [1.29, 1.82) is 0 Å². The minimum atomic E-state index is -0.311. The van der Waals surface area contributed by atoms with Crippen LogP contribution < -0.4 is 11.1 Å². The Balaban J connectivity index is 2.25. The summed E-state index contributed by atoms with van der Waals surface area (Å²) in [5, 5.41) is 0.784. The van der Waals surface area contributed by atoms with Crippen LogP contribution in [0.5, 0.6) is 0 Å². The first-order valence-electron chi connectivity index (χ1n) is 7.68. The average Bonchev–Trinajstić information content (AvgIpc) is 3.10. The van der Waals surface area contributed by atoms with Gasteiger partial charge in [0.1, 0.15) is 5.76 Å². The molecule has 0 unspecified atom stereocenters. The summed E-state index contributed by atoms with van der Waals surface area (Å²) in [7, 11) is 0. The van der Waals surface area contributed by atoms with E-state index in [9.17, 15) is 9.59 Å². The largest absolute Gasteiger partial charge is 0.460 e. The second-order valence-electron chi connectivity index (χ2n) is 5.59. The van der Waals surface area contributed by atoms with Crippen molar-refractivity contribution in [2.75, 3.05) is 0 Å². The van der Waals surface area contributed by atoms with Gasteiger partial charge in [0.25, 0.3) is 11.1 Å². The summed E-state index contributed by atoms with van der Waals surface area (Å²) in [5.41, 5.74) is 0.0819. The summed E-state index contributed by atoms with van der Waals surface area (Å²) in [6.07, 6.45) is 5.48. The predicted molar refractivity (Wildman–Crippen MR) is 85.4 cm³/mol. The lowest BCUT2D eigenvalue weighted by molar-refractivity contribution is 0.561. The maximum atomic E-state index is 12.7. The first-order chi connectivity index (χ1) is 10.6. The van der Waals surface area contributed by atoms with E-state index in [0.29, 0.717) is 34.2 Å². The summed E-state index contributed by atoms with van der Waals surface area (Å²) < 4.78 is 12.3. The molecule has 3 heterocycles. The molecule has 5 nitrogen and oxygen atoms in total. The van der Waals surface area contributed by atoms with E-state index in [1.165, 1.54) is 10.8 Å². The van der Waals surface area contributed by atoms with Crippen LogP contribution in [0.4, 0.5) is 0 Å². The Labute approximate surface area is 127 Å². The van der Waals surface area contributed by atoms with Crippen molar-refractivity contribution in [2.24, 2.45) is 0 Å². The van der Waals surface area contributed by atoms with Gasteiger partial charge in [-0.05, 0) is 25.5 Å². The third kappa shape index (κ3) is 2.36. The fraction of sp³-hybridized carbons (Fsp3) is 0.412.